The van der Waals surface area contributed by atoms with Crippen molar-refractivity contribution in [2.45, 2.75) is 25.1 Å². The maximum absolute atomic E-state index is 12.4. The Morgan fingerprint density at radius 3 is 3.04 bits per heavy atom. The molecular weight excluding hydrogens is 332 g/mol. The number of pyridine rings is 1. The van der Waals surface area contributed by atoms with Crippen LogP contribution in [0.5, 0.6) is 5.75 Å². The molecule has 1 fully saturated rings. The molecule has 0 aromatic carbocycles. The van der Waals surface area contributed by atoms with Gasteiger partial charge in [0.15, 0.2) is 0 Å². The zero-order valence-electron chi connectivity index (χ0n) is 14.7. The summed E-state index contributed by atoms with van der Waals surface area (Å²) in [5, 5.41) is 3.44. The molecule has 2 aliphatic rings. The minimum Gasteiger partial charge on any atom is -0.488 e. The van der Waals surface area contributed by atoms with E-state index in [0.29, 0.717) is 19.7 Å². The SMILES string of the molecule is O=C(COCC1NCCn2cccc21)N1CCC(Oc2ccncc2)C1. The topological polar surface area (TPSA) is 68.6 Å². The van der Waals surface area contributed by atoms with Crippen LogP contribution in [-0.2, 0) is 16.1 Å². The third-order valence-corrected chi connectivity index (χ3v) is 4.93. The van der Waals surface area contributed by atoms with Gasteiger partial charge in [-0.25, -0.2) is 0 Å². The maximum atomic E-state index is 12.4. The van der Waals surface area contributed by atoms with Crippen LogP contribution in [0.2, 0.25) is 0 Å². The number of nitrogens with zero attached hydrogens (tertiary/aromatic N) is 3. The van der Waals surface area contributed by atoms with Gasteiger partial charge in [-0.1, -0.05) is 0 Å². The Balaban J connectivity index is 1.21. The van der Waals surface area contributed by atoms with Crippen molar-refractivity contribution in [2.75, 3.05) is 32.8 Å². The lowest BCUT2D eigenvalue weighted by molar-refractivity contribution is -0.135. The van der Waals surface area contributed by atoms with E-state index in [2.05, 4.69) is 27.1 Å². The normalized spacial score (nSPS) is 22.2. The summed E-state index contributed by atoms with van der Waals surface area (Å²) in [6.45, 7) is 3.83. The van der Waals surface area contributed by atoms with E-state index < -0.39 is 0 Å². The second kappa shape index (κ2) is 7.88. The Hall–Kier alpha value is -2.38. The molecule has 2 aromatic rings. The first-order valence-corrected chi connectivity index (χ1v) is 9.10. The summed E-state index contributed by atoms with van der Waals surface area (Å²) in [5.41, 5.74) is 1.22. The number of carbonyl (C=O) groups excluding carboxylic acids is 1. The molecule has 2 atom stereocenters. The van der Waals surface area contributed by atoms with Gasteiger partial charge in [0, 0.05) is 50.3 Å². The monoisotopic (exact) mass is 356 g/mol. The second-order valence-corrected chi connectivity index (χ2v) is 6.70. The van der Waals surface area contributed by atoms with Gasteiger partial charge in [0.2, 0.25) is 5.91 Å². The molecule has 4 heterocycles. The van der Waals surface area contributed by atoms with Gasteiger partial charge in [-0.15, -0.1) is 0 Å². The van der Waals surface area contributed by atoms with Crippen molar-refractivity contribution in [1.29, 1.82) is 0 Å². The first-order valence-electron chi connectivity index (χ1n) is 9.10. The average molecular weight is 356 g/mol. The number of hydrogen-bond acceptors (Lipinski definition) is 5. The maximum Gasteiger partial charge on any atom is 0.248 e. The van der Waals surface area contributed by atoms with Crippen molar-refractivity contribution < 1.29 is 14.3 Å². The third kappa shape index (κ3) is 3.89. The fourth-order valence-electron chi connectivity index (χ4n) is 3.57. The Morgan fingerprint density at radius 2 is 2.15 bits per heavy atom. The quantitative estimate of drug-likeness (QED) is 0.843. The van der Waals surface area contributed by atoms with Crippen molar-refractivity contribution in [3.63, 3.8) is 0 Å². The van der Waals surface area contributed by atoms with Crippen LogP contribution in [0, 0.1) is 0 Å². The van der Waals surface area contributed by atoms with E-state index in [0.717, 1.165) is 25.3 Å². The zero-order chi connectivity index (χ0) is 17.8. The van der Waals surface area contributed by atoms with Crippen LogP contribution in [0.25, 0.3) is 0 Å². The Labute approximate surface area is 152 Å². The predicted molar refractivity (Wildman–Crippen MR) is 95.8 cm³/mol. The molecule has 138 valence electrons. The van der Waals surface area contributed by atoms with Gasteiger partial charge < -0.3 is 24.3 Å². The summed E-state index contributed by atoms with van der Waals surface area (Å²) in [6.07, 6.45) is 6.37. The van der Waals surface area contributed by atoms with Crippen LogP contribution in [0.3, 0.4) is 0 Å². The lowest BCUT2D eigenvalue weighted by Crippen LogP contribution is -2.37. The number of rotatable bonds is 6. The summed E-state index contributed by atoms with van der Waals surface area (Å²) in [6, 6.07) is 7.96. The largest absolute Gasteiger partial charge is 0.488 e. The fraction of sp³-hybridized carbons (Fsp3) is 0.474. The van der Waals surface area contributed by atoms with Crippen LogP contribution in [-0.4, -0.2) is 59.3 Å². The van der Waals surface area contributed by atoms with Crippen molar-refractivity contribution in [2.24, 2.45) is 0 Å². The van der Waals surface area contributed by atoms with Gasteiger partial charge in [0.05, 0.1) is 19.2 Å². The number of likely N-dealkylation sites (tertiary alicyclic amines) is 1. The third-order valence-electron chi connectivity index (χ3n) is 4.93. The van der Waals surface area contributed by atoms with E-state index in [1.54, 1.807) is 12.4 Å². The van der Waals surface area contributed by atoms with E-state index in [1.807, 2.05) is 23.1 Å². The number of nitrogens with one attached hydrogen (secondary N) is 1. The van der Waals surface area contributed by atoms with E-state index in [4.69, 9.17) is 9.47 Å². The van der Waals surface area contributed by atoms with E-state index in [9.17, 15) is 4.79 Å². The molecule has 2 aromatic heterocycles. The lowest BCUT2D eigenvalue weighted by Gasteiger charge is -2.26. The van der Waals surface area contributed by atoms with Gasteiger partial charge in [-0.05, 0) is 24.3 Å². The van der Waals surface area contributed by atoms with E-state index in [1.165, 1.54) is 5.69 Å². The second-order valence-electron chi connectivity index (χ2n) is 6.70. The number of fused-ring (bicyclic) bond motifs is 1. The zero-order valence-corrected chi connectivity index (χ0v) is 14.7. The van der Waals surface area contributed by atoms with Crippen LogP contribution in [0.1, 0.15) is 18.2 Å². The highest BCUT2D eigenvalue weighted by Crippen LogP contribution is 2.19. The molecular formula is C19H24N4O3. The molecule has 2 unspecified atom stereocenters. The molecule has 7 nitrogen and oxygen atoms in total. The number of carbonyl (C=O) groups is 1. The molecule has 0 aliphatic carbocycles. The molecule has 0 radical (unpaired) electrons. The van der Waals surface area contributed by atoms with E-state index in [-0.39, 0.29) is 24.7 Å². The first kappa shape index (κ1) is 17.1. The van der Waals surface area contributed by atoms with Gasteiger partial charge in [0.25, 0.3) is 0 Å². The standard InChI is InChI=1S/C19H24N4O3/c24-19(14-25-13-17-18-2-1-9-22(18)11-8-21-17)23-10-5-16(12-23)26-15-3-6-20-7-4-15/h1-4,6-7,9,16-17,21H,5,8,10-14H2. The molecule has 1 amide bonds. The van der Waals surface area contributed by atoms with Crippen LogP contribution in [0.4, 0.5) is 0 Å². The summed E-state index contributed by atoms with van der Waals surface area (Å²) in [5.74, 6) is 0.818. The summed E-state index contributed by atoms with van der Waals surface area (Å²) in [4.78, 5) is 18.2. The molecule has 2 aliphatic heterocycles. The number of aromatic nitrogens is 2. The summed E-state index contributed by atoms with van der Waals surface area (Å²) >= 11 is 0. The van der Waals surface area contributed by atoms with Crippen molar-refractivity contribution in [3.05, 3.63) is 48.5 Å². The van der Waals surface area contributed by atoms with E-state index >= 15 is 0 Å². The number of ether oxygens (including phenoxy) is 2. The Bertz CT molecular complexity index is 733. The summed E-state index contributed by atoms with van der Waals surface area (Å²) < 4.78 is 13.8. The van der Waals surface area contributed by atoms with Gasteiger partial charge >= 0.3 is 0 Å². The smallest absolute Gasteiger partial charge is 0.248 e. The van der Waals surface area contributed by atoms with Gasteiger partial charge in [-0.2, -0.15) is 0 Å². The number of amides is 1. The minimum absolute atomic E-state index is 0.0250. The highest BCUT2D eigenvalue weighted by Gasteiger charge is 2.28. The van der Waals surface area contributed by atoms with Crippen LogP contribution < -0.4 is 10.1 Å². The first-order chi connectivity index (χ1) is 12.8. The highest BCUT2D eigenvalue weighted by atomic mass is 16.5. The molecule has 7 heteroatoms. The van der Waals surface area contributed by atoms with Gasteiger partial charge in [-0.3, -0.25) is 9.78 Å². The Kier molecular flexibility index (Phi) is 5.17. The highest BCUT2D eigenvalue weighted by molar-refractivity contribution is 5.77. The lowest BCUT2D eigenvalue weighted by atomic mass is 10.2. The van der Waals surface area contributed by atoms with Crippen molar-refractivity contribution in [3.8, 4) is 5.75 Å². The van der Waals surface area contributed by atoms with Crippen molar-refractivity contribution >= 4 is 5.91 Å². The molecule has 0 spiro atoms. The molecule has 1 saturated heterocycles. The average Bonchev–Trinajstić information content (AvgIpc) is 3.32. The fourth-order valence-corrected chi connectivity index (χ4v) is 3.57. The molecule has 1 N–H and O–H groups in total. The number of hydrogen-bond donors (Lipinski definition) is 1. The van der Waals surface area contributed by atoms with Gasteiger partial charge in [0.1, 0.15) is 18.5 Å². The Morgan fingerprint density at radius 1 is 1.27 bits per heavy atom. The molecule has 26 heavy (non-hydrogen) atoms. The van der Waals surface area contributed by atoms with Crippen LogP contribution in [0.15, 0.2) is 42.9 Å². The van der Waals surface area contributed by atoms with Crippen molar-refractivity contribution in [1.82, 2.24) is 19.8 Å². The predicted octanol–water partition coefficient (Wildman–Crippen LogP) is 1.22. The molecule has 4 rings (SSSR count). The minimum atomic E-state index is 0.0250. The van der Waals surface area contributed by atoms with Crippen LogP contribution >= 0.6 is 0 Å². The molecule has 0 bridgehead atoms. The summed E-state index contributed by atoms with van der Waals surface area (Å²) in [7, 11) is 0. The molecule has 0 saturated carbocycles.